The van der Waals surface area contributed by atoms with Crippen LogP contribution in [0.2, 0.25) is 0 Å². The van der Waals surface area contributed by atoms with Gasteiger partial charge in [-0.05, 0) is 55.1 Å². The van der Waals surface area contributed by atoms with Crippen LogP contribution < -0.4 is 0 Å². The van der Waals surface area contributed by atoms with Gasteiger partial charge in [-0.3, -0.25) is 4.98 Å². The van der Waals surface area contributed by atoms with Crippen molar-refractivity contribution in [1.29, 1.82) is 0 Å². The molecule has 1 aromatic carbocycles. The van der Waals surface area contributed by atoms with Gasteiger partial charge in [-0.15, -0.1) is 0 Å². The van der Waals surface area contributed by atoms with Crippen LogP contribution in [-0.4, -0.2) is 9.97 Å². The Hall–Kier alpha value is -2.68. The Kier molecular flexibility index (Phi) is 3.03. The number of furan rings is 1. The number of aryl methyl sites for hydroxylation is 1. The fraction of sp³-hybridized carbons (Fsp3) is 0.304. The Labute approximate surface area is 157 Å². The van der Waals surface area contributed by atoms with E-state index in [0.717, 1.165) is 34.0 Å². The number of nitrogens with zero attached hydrogens (tertiary/aromatic N) is 2. The first-order valence-electron chi connectivity index (χ1n) is 10.7. The van der Waals surface area contributed by atoms with Crippen molar-refractivity contribution in [2.24, 2.45) is 0 Å². The monoisotopic (exact) mass is 345 g/mol. The lowest BCUT2D eigenvalue weighted by molar-refractivity contribution is 0.638. The molecule has 1 aliphatic rings. The van der Waals surface area contributed by atoms with Gasteiger partial charge in [-0.2, -0.15) is 0 Å². The lowest BCUT2D eigenvalue weighted by atomic mass is 10.0. The third-order valence-electron chi connectivity index (χ3n) is 5.12. The van der Waals surface area contributed by atoms with Crippen LogP contribution in [0.1, 0.15) is 53.8 Å². The van der Waals surface area contributed by atoms with Crippen LogP contribution in [-0.2, 0) is 6.42 Å². The van der Waals surface area contributed by atoms with Gasteiger partial charge >= 0.3 is 0 Å². The predicted molar refractivity (Wildman–Crippen MR) is 105 cm³/mol. The van der Waals surface area contributed by atoms with Gasteiger partial charge in [0, 0.05) is 38.2 Å². The van der Waals surface area contributed by atoms with Gasteiger partial charge in [0.05, 0.1) is 5.69 Å². The predicted octanol–water partition coefficient (Wildman–Crippen LogP) is 6.26. The van der Waals surface area contributed by atoms with Crippen molar-refractivity contribution < 1.29 is 8.53 Å². The smallest absolute Gasteiger partial charge is 0.227 e. The minimum absolute atomic E-state index is 0.389. The van der Waals surface area contributed by atoms with Crippen LogP contribution in [0.4, 0.5) is 0 Å². The zero-order valence-corrected chi connectivity index (χ0v) is 14.7. The van der Waals surface area contributed by atoms with E-state index >= 15 is 0 Å². The first-order chi connectivity index (χ1) is 13.9. The summed E-state index contributed by atoms with van der Waals surface area (Å²) in [5.74, 6) is -1.33. The molecule has 3 heteroatoms. The number of fused-ring (bicyclic) bond motifs is 3. The normalized spacial score (nSPS) is 23.8. The van der Waals surface area contributed by atoms with Crippen molar-refractivity contribution in [2.45, 2.75) is 44.9 Å². The van der Waals surface area contributed by atoms with Crippen molar-refractivity contribution in [3.8, 4) is 11.3 Å². The Balaban J connectivity index is 1.70. The second kappa shape index (κ2) is 6.24. The number of rotatable bonds is 3. The molecule has 26 heavy (non-hydrogen) atoms. The van der Waals surface area contributed by atoms with Gasteiger partial charge in [0.2, 0.25) is 5.71 Å². The SMILES string of the molecule is [2H]C1([2H])CCCC1([2H])c1ccc2c(n1)oc1c(-c3cc(CC)ccn3)cccc12. The number of pyridine rings is 2. The topological polar surface area (TPSA) is 38.9 Å². The average Bonchev–Trinajstić information content (AvgIpc) is 3.24. The lowest BCUT2D eigenvalue weighted by Crippen LogP contribution is -1.95. The molecule has 1 fully saturated rings. The van der Waals surface area contributed by atoms with Crippen molar-refractivity contribution in [2.75, 3.05) is 0 Å². The first kappa shape index (κ1) is 12.6. The molecule has 4 aromatic rings. The Morgan fingerprint density at radius 2 is 2.15 bits per heavy atom. The third-order valence-corrected chi connectivity index (χ3v) is 5.12. The summed E-state index contributed by atoms with van der Waals surface area (Å²) in [4.78, 5) is 9.14. The summed E-state index contributed by atoms with van der Waals surface area (Å²) in [5.41, 5.74) is 4.60. The fourth-order valence-corrected chi connectivity index (χ4v) is 3.70. The minimum atomic E-state index is -1.59. The van der Waals surface area contributed by atoms with Crippen LogP contribution in [0.5, 0.6) is 0 Å². The summed E-state index contributed by atoms with van der Waals surface area (Å²) in [7, 11) is 0. The molecule has 1 unspecified atom stereocenters. The maximum atomic E-state index is 8.77. The van der Waals surface area contributed by atoms with Gasteiger partial charge in [0.15, 0.2) is 0 Å². The maximum Gasteiger partial charge on any atom is 0.227 e. The van der Waals surface area contributed by atoms with E-state index in [9.17, 15) is 0 Å². The largest absolute Gasteiger partial charge is 0.437 e. The quantitative estimate of drug-likeness (QED) is 0.440. The second-order valence-corrected chi connectivity index (χ2v) is 6.75. The molecule has 1 saturated carbocycles. The highest BCUT2D eigenvalue weighted by Gasteiger charge is 2.20. The summed E-state index contributed by atoms with van der Waals surface area (Å²) in [6.07, 6.45) is 2.72. The Morgan fingerprint density at radius 1 is 1.19 bits per heavy atom. The highest BCUT2D eigenvalue weighted by molar-refractivity contribution is 6.08. The standard InChI is InChI=1S/C23H22N2O/c1-2-15-12-13-24-21(14-15)19-9-5-8-17-18-10-11-20(16-6-3-4-7-16)25-23(18)26-22(17)19/h5,8-14,16H,2-4,6-7H2,1H3/i6D2,16D. The van der Waals surface area contributed by atoms with E-state index in [2.05, 4.69) is 23.0 Å². The molecule has 1 aliphatic carbocycles. The van der Waals surface area contributed by atoms with Gasteiger partial charge in [0.1, 0.15) is 5.58 Å². The van der Waals surface area contributed by atoms with Crippen LogP contribution in [0.25, 0.3) is 33.3 Å². The molecule has 3 heterocycles. The van der Waals surface area contributed by atoms with Gasteiger partial charge in [-0.1, -0.05) is 31.9 Å². The molecule has 0 bridgehead atoms. The molecular formula is C23H22N2O. The van der Waals surface area contributed by atoms with E-state index in [0.29, 0.717) is 30.7 Å². The molecular weight excluding hydrogens is 320 g/mol. The van der Waals surface area contributed by atoms with E-state index < -0.39 is 12.3 Å². The van der Waals surface area contributed by atoms with Crippen molar-refractivity contribution >= 4 is 22.1 Å². The van der Waals surface area contributed by atoms with Crippen molar-refractivity contribution in [1.82, 2.24) is 9.97 Å². The van der Waals surface area contributed by atoms with Gasteiger partial charge < -0.3 is 4.42 Å². The molecule has 0 amide bonds. The molecule has 0 radical (unpaired) electrons. The van der Waals surface area contributed by atoms with E-state index in [-0.39, 0.29) is 0 Å². The molecule has 0 aliphatic heterocycles. The average molecular weight is 345 g/mol. The van der Waals surface area contributed by atoms with E-state index in [1.54, 1.807) is 6.07 Å². The van der Waals surface area contributed by atoms with Crippen LogP contribution >= 0.6 is 0 Å². The molecule has 3 aromatic heterocycles. The minimum Gasteiger partial charge on any atom is -0.437 e. The summed E-state index contributed by atoms with van der Waals surface area (Å²) in [5, 5.41) is 1.83. The second-order valence-electron chi connectivity index (χ2n) is 6.75. The summed E-state index contributed by atoms with van der Waals surface area (Å²) < 4.78 is 31.5. The Morgan fingerprint density at radius 3 is 3.00 bits per heavy atom. The van der Waals surface area contributed by atoms with Crippen LogP contribution in [0, 0.1) is 0 Å². The molecule has 0 saturated heterocycles. The van der Waals surface area contributed by atoms with Gasteiger partial charge in [0.25, 0.3) is 0 Å². The number of benzene rings is 1. The first-order valence-corrected chi connectivity index (χ1v) is 9.21. The molecule has 0 spiro atoms. The molecule has 0 N–H and O–H groups in total. The zero-order chi connectivity index (χ0) is 20.2. The van der Waals surface area contributed by atoms with E-state index in [4.69, 9.17) is 8.53 Å². The summed E-state index contributed by atoms with van der Waals surface area (Å²) in [6, 6.07) is 13.8. The van der Waals surface area contributed by atoms with Crippen LogP contribution in [0.3, 0.4) is 0 Å². The summed E-state index contributed by atoms with van der Waals surface area (Å²) in [6.45, 7) is 2.12. The maximum absolute atomic E-state index is 8.77. The highest BCUT2D eigenvalue weighted by Crippen LogP contribution is 2.37. The lowest BCUT2D eigenvalue weighted by Gasteiger charge is -2.06. The zero-order valence-electron chi connectivity index (χ0n) is 17.7. The molecule has 1 atom stereocenters. The van der Waals surface area contributed by atoms with Crippen molar-refractivity contribution in [3.63, 3.8) is 0 Å². The number of hydrogen-bond donors (Lipinski definition) is 0. The fourth-order valence-electron chi connectivity index (χ4n) is 3.70. The highest BCUT2D eigenvalue weighted by atomic mass is 16.3. The Bertz CT molecular complexity index is 1230. The number of hydrogen-bond acceptors (Lipinski definition) is 3. The molecule has 130 valence electrons. The molecule has 5 rings (SSSR count). The third kappa shape index (κ3) is 2.50. The molecule has 3 nitrogen and oxygen atoms in total. The van der Waals surface area contributed by atoms with Crippen molar-refractivity contribution in [3.05, 3.63) is 59.9 Å². The number of aromatic nitrogens is 2. The summed E-state index contributed by atoms with van der Waals surface area (Å²) >= 11 is 0. The van der Waals surface area contributed by atoms with Crippen LogP contribution in [0.15, 0.2) is 53.1 Å². The van der Waals surface area contributed by atoms with E-state index in [1.807, 2.05) is 36.5 Å². The number of para-hydroxylation sites is 1. The van der Waals surface area contributed by atoms with Gasteiger partial charge in [-0.25, -0.2) is 4.98 Å². The van der Waals surface area contributed by atoms with E-state index in [1.165, 1.54) is 5.56 Å².